The highest BCUT2D eigenvalue weighted by Gasteiger charge is 2.16. The number of carbonyl (C=O) groups excluding carboxylic acids is 2. The maximum Gasteiger partial charge on any atom is 0.306 e. The zero-order valence-electron chi connectivity index (χ0n) is 15.4. The minimum atomic E-state index is -0.395. The van der Waals surface area contributed by atoms with Crippen molar-refractivity contribution >= 4 is 22.7 Å². The number of para-hydroxylation sites is 1. The van der Waals surface area contributed by atoms with E-state index in [0.29, 0.717) is 36.7 Å². The monoisotopic (exact) mass is 379 g/mol. The summed E-state index contributed by atoms with van der Waals surface area (Å²) < 4.78 is 16.3. The third-order valence-corrected chi connectivity index (χ3v) is 4.71. The number of aryl methyl sites for hydroxylation is 1. The van der Waals surface area contributed by atoms with Gasteiger partial charge in [0.05, 0.1) is 13.2 Å². The van der Waals surface area contributed by atoms with Crippen molar-refractivity contribution in [1.82, 2.24) is 4.98 Å². The second-order valence-electron chi connectivity index (χ2n) is 6.66. The Morgan fingerprint density at radius 3 is 2.75 bits per heavy atom. The molecule has 4 rings (SSSR count). The first-order valence-corrected chi connectivity index (χ1v) is 9.34. The fourth-order valence-corrected chi connectivity index (χ4v) is 3.21. The Hall–Kier alpha value is -3.28. The standard InChI is InChI=1S/C22H21NO5/c24-19(15-6-8-20-21(12-15)27-11-3-10-26-20)14-28-22(25)9-7-16-13-23-18-5-2-1-4-17(16)18/h1-2,4-6,8,12-13,23H,3,7,9-11,14H2. The molecule has 28 heavy (non-hydrogen) atoms. The summed E-state index contributed by atoms with van der Waals surface area (Å²) in [6.45, 7) is 0.855. The van der Waals surface area contributed by atoms with E-state index in [0.717, 1.165) is 22.9 Å². The Kier molecular flexibility index (Phi) is 5.28. The van der Waals surface area contributed by atoms with Crippen LogP contribution in [-0.2, 0) is 16.0 Å². The van der Waals surface area contributed by atoms with Crippen LogP contribution in [0.5, 0.6) is 11.5 Å². The molecule has 0 amide bonds. The van der Waals surface area contributed by atoms with Crippen LogP contribution in [-0.4, -0.2) is 36.6 Å². The van der Waals surface area contributed by atoms with E-state index in [-0.39, 0.29) is 18.8 Å². The van der Waals surface area contributed by atoms with Gasteiger partial charge < -0.3 is 19.2 Å². The number of ketones is 1. The lowest BCUT2D eigenvalue weighted by Gasteiger charge is -2.09. The molecular weight excluding hydrogens is 358 g/mol. The first-order valence-electron chi connectivity index (χ1n) is 9.34. The molecule has 0 saturated carbocycles. The molecule has 6 heteroatoms. The number of fused-ring (bicyclic) bond motifs is 2. The normalized spacial score (nSPS) is 13.1. The first-order chi connectivity index (χ1) is 13.7. The highest BCUT2D eigenvalue weighted by molar-refractivity contribution is 5.98. The number of aromatic amines is 1. The summed E-state index contributed by atoms with van der Waals surface area (Å²) in [6.07, 6.45) is 3.48. The molecule has 0 spiro atoms. The topological polar surface area (TPSA) is 77.6 Å². The average molecular weight is 379 g/mol. The zero-order chi connectivity index (χ0) is 19.3. The van der Waals surface area contributed by atoms with Gasteiger partial charge in [-0.1, -0.05) is 18.2 Å². The lowest BCUT2D eigenvalue weighted by molar-refractivity contribution is -0.142. The number of ether oxygens (including phenoxy) is 3. The van der Waals surface area contributed by atoms with Crippen LogP contribution in [0.25, 0.3) is 10.9 Å². The molecule has 0 unspecified atom stereocenters. The second kappa shape index (κ2) is 8.17. The fourth-order valence-electron chi connectivity index (χ4n) is 3.21. The molecule has 0 radical (unpaired) electrons. The number of carbonyl (C=O) groups is 2. The SMILES string of the molecule is O=C(CCc1c[nH]c2ccccc12)OCC(=O)c1ccc2c(c1)OCCCO2. The molecule has 1 N–H and O–H groups in total. The summed E-state index contributed by atoms with van der Waals surface area (Å²) in [5.41, 5.74) is 2.53. The van der Waals surface area contributed by atoms with Crippen LogP contribution in [0.15, 0.2) is 48.7 Å². The largest absolute Gasteiger partial charge is 0.490 e. The first kappa shape index (κ1) is 18.1. The lowest BCUT2D eigenvalue weighted by Crippen LogP contribution is -2.14. The maximum atomic E-state index is 12.4. The van der Waals surface area contributed by atoms with Gasteiger partial charge in [0.2, 0.25) is 0 Å². The van der Waals surface area contributed by atoms with E-state index in [2.05, 4.69) is 4.98 Å². The van der Waals surface area contributed by atoms with Crippen molar-refractivity contribution < 1.29 is 23.8 Å². The summed E-state index contributed by atoms with van der Waals surface area (Å²) in [5, 5.41) is 1.10. The molecular formula is C22H21NO5. The van der Waals surface area contributed by atoms with Gasteiger partial charge in [0, 0.05) is 35.5 Å². The van der Waals surface area contributed by atoms with Crippen molar-refractivity contribution in [3.63, 3.8) is 0 Å². The second-order valence-corrected chi connectivity index (χ2v) is 6.66. The summed E-state index contributed by atoms with van der Waals surface area (Å²) in [6, 6.07) is 12.9. The van der Waals surface area contributed by atoms with Gasteiger partial charge in [0.1, 0.15) is 0 Å². The smallest absolute Gasteiger partial charge is 0.306 e. The van der Waals surface area contributed by atoms with Crippen molar-refractivity contribution in [1.29, 1.82) is 0 Å². The van der Waals surface area contributed by atoms with Crippen LogP contribution in [0.2, 0.25) is 0 Å². The molecule has 0 saturated heterocycles. The third kappa shape index (κ3) is 4.01. The lowest BCUT2D eigenvalue weighted by atomic mass is 10.1. The summed E-state index contributed by atoms with van der Waals surface area (Å²) in [4.78, 5) is 27.6. The summed E-state index contributed by atoms with van der Waals surface area (Å²) in [7, 11) is 0. The van der Waals surface area contributed by atoms with Crippen LogP contribution in [0.3, 0.4) is 0 Å². The molecule has 144 valence electrons. The molecule has 0 fully saturated rings. The Bertz CT molecular complexity index is 1010. The van der Waals surface area contributed by atoms with Crippen molar-refractivity contribution in [2.75, 3.05) is 19.8 Å². The van der Waals surface area contributed by atoms with Gasteiger partial charge in [-0.15, -0.1) is 0 Å². The summed E-state index contributed by atoms with van der Waals surface area (Å²) >= 11 is 0. The Morgan fingerprint density at radius 2 is 1.86 bits per heavy atom. The number of H-pyrrole nitrogens is 1. The van der Waals surface area contributed by atoms with Gasteiger partial charge >= 0.3 is 5.97 Å². The Morgan fingerprint density at radius 1 is 1.04 bits per heavy atom. The molecule has 1 aromatic heterocycles. The number of hydrogen-bond donors (Lipinski definition) is 1. The molecule has 1 aliphatic rings. The van der Waals surface area contributed by atoms with Crippen molar-refractivity contribution in [3.05, 3.63) is 59.8 Å². The molecule has 0 aliphatic carbocycles. The van der Waals surface area contributed by atoms with Gasteiger partial charge in [-0.25, -0.2) is 0 Å². The molecule has 2 heterocycles. The summed E-state index contributed by atoms with van der Waals surface area (Å²) in [5.74, 6) is 0.517. The number of benzene rings is 2. The van der Waals surface area contributed by atoms with E-state index in [9.17, 15) is 9.59 Å². The van der Waals surface area contributed by atoms with E-state index in [4.69, 9.17) is 14.2 Å². The Balaban J connectivity index is 1.31. The highest BCUT2D eigenvalue weighted by Crippen LogP contribution is 2.30. The minimum absolute atomic E-state index is 0.219. The highest BCUT2D eigenvalue weighted by atomic mass is 16.5. The number of rotatable bonds is 6. The fraction of sp³-hybridized carbons (Fsp3) is 0.273. The maximum absolute atomic E-state index is 12.4. The van der Waals surface area contributed by atoms with Crippen molar-refractivity contribution in [2.45, 2.75) is 19.3 Å². The van der Waals surface area contributed by atoms with E-state index >= 15 is 0 Å². The van der Waals surface area contributed by atoms with E-state index in [1.54, 1.807) is 18.2 Å². The van der Waals surface area contributed by atoms with Crippen LogP contribution in [0.1, 0.15) is 28.8 Å². The quantitative estimate of drug-likeness (QED) is 0.522. The molecule has 2 aromatic carbocycles. The minimum Gasteiger partial charge on any atom is -0.490 e. The number of aromatic nitrogens is 1. The van der Waals surface area contributed by atoms with E-state index in [1.807, 2.05) is 30.5 Å². The zero-order valence-corrected chi connectivity index (χ0v) is 15.4. The van der Waals surface area contributed by atoms with Gasteiger partial charge in [-0.2, -0.15) is 0 Å². The molecule has 0 atom stereocenters. The van der Waals surface area contributed by atoms with E-state index in [1.165, 1.54) is 0 Å². The molecule has 6 nitrogen and oxygen atoms in total. The Labute approximate surface area is 162 Å². The van der Waals surface area contributed by atoms with Gasteiger partial charge in [-0.3, -0.25) is 9.59 Å². The van der Waals surface area contributed by atoms with Crippen LogP contribution in [0, 0.1) is 0 Å². The third-order valence-electron chi connectivity index (χ3n) is 4.71. The molecule has 0 bridgehead atoms. The van der Waals surface area contributed by atoms with Crippen LogP contribution >= 0.6 is 0 Å². The predicted octanol–water partition coefficient (Wildman–Crippen LogP) is 3.69. The number of esters is 1. The van der Waals surface area contributed by atoms with E-state index < -0.39 is 5.97 Å². The van der Waals surface area contributed by atoms with Crippen LogP contribution in [0.4, 0.5) is 0 Å². The number of Topliss-reactive ketones (excluding diaryl/α,β-unsaturated/α-hetero) is 1. The molecule has 1 aliphatic heterocycles. The van der Waals surface area contributed by atoms with Gasteiger partial charge in [0.25, 0.3) is 0 Å². The van der Waals surface area contributed by atoms with Gasteiger partial charge in [0.15, 0.2) is 23.9 Å². The number of nitrogens with one attached hydrogen (secondary N) is 1. The molecule has 3 aromatic rings. The van der Waals surface area contributed by atoms with Gasteiger partial charge in [-0.05, 0) is 36.2 Å². The number of hydrogen-bond acceptors (Lipinski definition) is 5. The van der Waals surface area contributed by atoms with Crippen molar-refractivity contribution in [2.24, 2.45) is 0 Å². The predicted molar refractivity (Wildman–Crippen MR) is 104 cm³/mol. The van der Waals surface area contributed by atoms with Crippen LogP contribution < -0.4 is 9.47 Å². The average Bonchev–Trinajstić information content (AvgIpc) is 2.98. The van der Waals surface area contributed by atoms with Crippen molar-refractivity contribution in [3.8, 4) is 11.5 Å².